The van der Waals surface area contributed by atoms with E-state index in [1.165, 1.54) is 6.92 Å². The summed E-state index contributed by atoms with van der Waals surface area (Å²) in [5.41, 5.74) is 1.02. The first-order valence-corrected chi connectivity index (χ1v) is 8.70. The number of ether oxygens (including phenoxy) is 1. The summed E-state index contributed by atoms with van der Waals surface area (Å²) >= 11 is 0. The Bertz CT molecular complexity index is 1010. The van der Waals surface area contributed by atoms with Crippen LogP contribution in [0.25, 0.3) is 5.88 Å². The van der Waals surface area contributed by atoms with Gasteiger partial charge in [-0.25, -0.2) is 4.79 Å². The Kier molecular flexibility index (Phi) is 5.61. The van der Waals surface area contributed by atoms with Crippen LogP contribution in [0.5, 0.6) is 0 Å². The molecule has 0 spiro atoms. The molecular formula is C21H19N3O4. The van der Waals surface area contributed by atoms with E-state index in [1.807, 2.05) is 36.4 Å². The second kappa shape index (κ2) is 8.27. The lowest BCUT2D eigenvalue weighted by Crippen LogP contribution is -2.35. The molecule has 2 aromatic heterocycles. The Morgan fingerprint density at radius 1 is 1.21 bits per heavy atom. The summed E-state index contributed by atoms with van der Waals surface area (Å²) in [4.78, 5) is 24.8. The van der Waals surface area contributed by atoms with E-state index in [-0.39, 0.29) is 22.8 Å². The van der Waals surface area contributed by atoms with Gasteiger partial charge in [0.05, 0.1) is 0 Å². The lowest BCUT2D eigenvalue weighted by molar-refractivity contribution is -0.129. The molecule has 0 saturated carbocycles. The van der Waals surface area contributed by atoms with E-state index in [2.05, 4.69) is 5.32 Å². The van der Waals surface area contributed by atoms with Gasteiger partial charge in [0.2, 0.25) is 5.88 Å². The minimum atomic E-state index is -1.02. The Morgan fingerprint density at radius 3 is 2.54 bits per heavy atom. The largest absolute Gasteiger partial charge is 0.449 e. The van der Waals surface area contributed by atoms with Crippen LogP contribution in [0.2, 0.25) is 0 Å². The quantitative estimate of drug-likeness (QED) is 0.666. The van der Waals surface area contributed by atoms with Gasteiger partial charge < -0.3 is 14.5 Å². The van der Waals surface area contributed by atoms with Gasteiger partial charge >= 0.3 is 5.97 Å². The number of carbonyl (C=O) groups is 2. The van der Waals surface area contributed by atoms with Gasteiger partial charge in [-0.1, -0.05) is 30.3 Å². The van der Waals surface area contributed by atoms with Crippen molar-refractivity contribution in [1.29, 1.82) is 5.26 Å². The van der Waals surface area contributed by atoms with Crippen LogP contribution in [-0.2, 0) is 16.1 Å². The number of rotatable bonds is 6. The maximum atomic E-state index is 12.6. The standard InChI is InChI=1S/C21H19N3O4/c1-14-18(17(12-22)20(27-14)24-10-6-7-11-24)21(26)28-15(2)19(25)23-13-16-8-4-3-5-9-16/h3-11,15H,13H2,1-2H3,(H,23,25)/t15-/m0/s1. The number of aromatic nitrogens is 1. The summed E-state index contributed by atoms with van der Waals surface area (Å²) in [7, 11) is 0. The summed E-state index contributed by atoms with van der Waals surface area (Å²) in [5.74, 6) is -0.721. The number of amides is 1. The van der Waals surface area contributed by atoms with Gasteiger partial charge in [-0.05, 0) is 31.5 Å². The molecule has 0 radical (unpaired) electrons. The normalized spacial score (nSPS) is 11.5. The molecule has 0 saturated heterocycles. The fraction of sp³-hybridized carbons (Fsp3) is 0.190. The lowest BCUT2D eigenvalue weighted by atomic mass is 10.1. The van der Waals surface area contributed by atoms with Gasteiger partial charge in [-0.3, -0.25) is 9.36 Å². The summed E-state index contributed by atoms with van der Waals surface area (Å²) in [5, 5.41) is 12.2. The molecule has 0 aliphatic heterocycles. The molecule has 2 heterocycles. The number of furan rings is 1. The fourth-order valence-electron chi connectivity index (χ4n) is 2.73. The van der Waals surface area contributed by atoms with Crippen LogP contribution in [0.3, 0.4) is 0 Å². The Morgan fingerprint density at radius 2 is 1.89 bits per heavy atom. The molecule has 3 rings (SSSR count). The van der Waals surface area contributed by atoms with E-state index < -0.39 is 18.0 Å². The highest BCUT2D eigenvalue weighted by molar-refractivity contribution is 5.96. The Hall–Kier alpha value is -3.79. The van der Waals surface area contributed by atoms with Crippen LogP contribution in [0.15, 0.2) is 59.3 Å². The van der Waals surface area contributed by atoms with Crippen molar-refractivity contribution < 1.29 is 18.7 Å². The van der Waals surface area contributed by atoms with Gasteiger partial charge in [0.25, 0.3) is 5.91 Å². The zero-order valence-corrected chi connectivity index (χ0v) is 15.5. The molecule has 1 amide bonds. The number of aryl methyl sites for hydroxylation is 1. The van der Waals surface area contributed by atoms with Crippen molar-refractivity contribution in [3.8, 4) is 12.0 Å². The molecule has 7 nitrogen and oxygen atoms in total. The first kappa shape index (κ1) is 19.0. The predicted octanol–water partition coefficient (Wildman–Crippen LogP) is 3.11. The number of nitriles is 1. The zero-order chi connectivity index (χ0) is 20.1. The molecule has 0 unspecified atom stereocenters. The average Bonchev–Trinajstić information content (AvgIpc) is 3.34. The van der Waals surface area contributed by atoms with Crippen molar-refractivity contribution in [2.75, 3.05) is 0 Å². The molecule has 1 atom stereocenters. The second-order valence-corrected chi connectivity index (χ2v) is 6.17. The molecule has 3 aromatic rings. The number of esters is 1. The van der Waals surface area contributed by atoms with Crippen LogP contribution >= 0.6 is 0 Å². The highest BCUT2D eigenvalue weighted by atomic mass is 16.5. The van der Waals surface area contributed by atoms with E-state index in [1.54, 1.807) is 36.0 Å². The van der Waals surface area contributed by atoms with E-state index in [4.69, 9.17) is 9.15 Å². The molecule has 0 fully saturated rings. The molecular weight excluding hydrogens is 358 g/mol. The maximum absolute atomic E-state index is 12.6. The van der Waals surface area contributed by atoms with Gasteiger partial charge in [0.1, 0.15) is 23.0 Å². The molecule has 1 aromatic carbocycles. The summed E-state index contributed by atoms with van der Waals surface area (Å²) in [6.45, 7) is 3.38. The third-order valence-corrected chi connectivity index (χ3v) is 4.18. The molecule has 0 bridgehead atoms. The number of nitrogens with zero attached hydrogens (tertiary/aromatic N) is 2. The summed E-state index contributed by atoms with van der Waals surface area (Å²) < 4.78 is 12.5. The summed E-state index contributed by atoms with van der Waals surface area (Å²) in [6, 6.07) is 14.9. The van der Waals surface area contributed by atoms with Crippen molar-refractivity contribution >= 4 is 11.9 Å². The third kappa shape index (κ3) is 3.96. The number of nitrogens with one attached hydrogen (secondary N) is 1. The second-order valence-electron chi connectivity index (χ2n) is 6.17. The first-order valence-electron chi connectivity index (χ1n) is 8.70. The molecule has 0 aliphatic carbocycles. The monoisotopic (exact) mass is 377 g/mol. The smallest absolute Gasteiger partial charge is 0.343 e. The maximum Gasteiger partial charge on any atom is 0.343 e. The highest BCUT2D eigenvalue weighted by Gasteiger charge is 2.28. The van der Waals surface area contributed by atoms with E-state index in [9.17, 15) is 14.9 Å². The minimum Gasteiger partial charge on any atom is -0.449 e. The molecule has 142 valence electrons. The van der Waals surface area contributed by atoms with Crippen LogP contribution in [0.1, 0.15) is 34.2 Å². The molecule has 1 N–H and O–H groups in total. The molecule has 0 aliphatic rings. The third-order valence-electron chi connectivity index (χ3n) is 4.18. The number of hydrogen-bond donors (Lipinski definition) is 1. The zero-order valence-electron chi connectivity index (χ0n) is 15.5. The number of benzene rings is 1. The topological polar surface area (TPSA) is 97.3 Å². The van der Waals surface area contributed by atoms with E-state index >= 15 is 0 Å². The van der Waals surface area contributed by atoms with Gasteiger partial charge in [0.15, 0.2) is 6.10 Å². The fourth-order valence-corrected chi connectivity index (χ4v) is 2.73. The molecule has 7 heteroatoms. The lowest BCUT2D eigenvalue weighted by Gasteiger charge is -2.13. The van der Waals surface area contributed by atoms with Crippen LogP contribution in [0.4, 0.5) is 0 Å². The summed E-state index contributed by atoms with van der Waals surface area (Å²) in [6.07, 6.45) is 2.38. The van der Waals surface area contributed by atoms with Crippen molar-refractivity contribution in [2.45, 2.75) is 26.5 Å². The first-order chi connectivity index (χ1) is 13.5. The van der Waals surface area contributed by atoms with Gasteiger partial charge in [-0.15, -0.1) is 0 Å². The van der Waals surface area contributed by atoms with E-state index in [0.717, 1.165) is 5.56 Å². The molecule has 28 heavy (non-hydrogen) atoms. The van der Waals surface area contributed by atoms with Gasteiger partial charge in [0, 0.05) is 18.9 Å². The highest BCUT2D eigenvalue weighted by Crippen LogP contribution is 2.26. The Labute approximate surface area is 162 Å². The van der Waals surface area contributed by atoms with Gasteiger partial charge in [-0.2, -0.15) is 5.26 Å². The SMILES string of the molecule is Cc1oc(-n2cccc2)c(C#N)c1C(=O)O[C@@H](C)C(=O)NCc1ccccc1. The Balaban J connectivity index is 1.70. The number of carbonyl (C=O) groups excluding carboxylic acids is 2. The minimum absolute atomic E-state index is 0.0221. The van der Waals surface area contributed by atoms with Crippen molar-refractivity contribution in [1.82, 2.24) is 9.88 Å². The number of hydrogen-bond acceptors (Lipinski definition) is 5. The average molecular weight is 377 g/mol. The van der Waals surface area contributed by atoms with Crippen molar-refractivity contribution in [3.05, 3.63) is 77.3 Å². The van der Waals surface area contributed by atoms with Crippen LogP contribution in [-0.4, -0.2) is 22.5 Å². The predicted molar refractivity (Wildman–Crippen MR) is 101 cm³/mol. The van der Waals surface area contributed by atoms with Crippen molar-refractivity contribution in [3.63, 3.8) is 0 Å². The van der Waals surface area contributed by atoms with Crippen LogP contribution < -0.4 is 5.32 Å². The van der Waals surface area contributed by atoms with E-state index in [0.29, 0.717) is 6.54 Å². The van der Waals surface area contributed by atoms with Crippen LogP contribution in [0, 0.1) is 18.3 Å². The van der Waals surface area contributed by atoms with Crippen molar-refractivity contribution in [2.24, 2.45) is 0 Å².